The first-order valence-corrected chi connectivity index (χ1v) is 7.71. The number of hydrogen-bond donors (Lipinski definition) is 4. The van der Waals surface area contributed by atoms with Crippen molar-refractivity contribution in [2.75, 3.05) is 18.5 Å². The smallest absolute Gasteiger partial charge is 0.313 e. The summed E-state index contributed by atoms with van der Waals surface area (Å²) in [6.07, 6.45) is 4.14. The Balaban J connectivity index is 2.03. The van der Waals surface area contributed by atoms with E-state index in [1.165, 1.54) is 0 Å². The second-order valence-electron chi connectivity index (χ2n) is 5.43. The van der Waals surface area contributed by atoms with E-state index in [0.717, 1.165) is 25.7 Å². The molecule has 0 aromatic heterocycles. The number of anilines is 1. The Morgan fingerprint density at radius 3 is 2.48 bits per heavy atom. The minimum absolute atomic E-state index is 0.00390. The van der Waals surface area contributed by atoms with Gasteiger partial charge in [0.05, 0.1) is 17.9 Å². The third kappa shape index (κ3) is 4.79. The number of amides is 3. The summed E-state index contributed by atoms with van der Waals surface area (Å²) >= 11 is 0. The number of rotatable bonds is 5. The molecule has 1 aliphatic carbocycles. The number of para-hydroxylation sites is 1. The number of carbonyl (C=O) groups excluding carboxylic acids is 3. The van der Waals surface area contributed by atoms with Crippen molar-refractivity contribution in [3.63, 3.8) is 0 Å². The second-order valence-corrected chi connectivity index (χ2v) is 5.43. The Morgan fingerprint density at radius 2 is 1.78 bits per heavy atom. The lowest BCUT2D eigenvalue weighted by Gasteiger charge is -2.14. The predicted molar refractivity (Wildman–Crippen MR) is 84.9 cm³/mol. The van der Waals surface area contributed by atoms with Crippen molar-refractivity contribution in [1.29, 1.82) is 0 Å². The Morgan fingerprint density at radius 1 is 1.09 bits per heavy atom. The number of carbonyl (C=O) groups is 3. The molecule has 0 aliphatic heterocycles. The standard InChI is InChI=1S/C16H21N3O4/c20-10-9-17-15(22)16(23)19-13-8-4-3-7-12(13)14(21)18-11-5-1-2-6-11/h3-4,7-8,11,20H,1-2,5-6,9-10H2,(H,17,22)(H,18,21)(H,19,23). The van der Waals surface area contributed by atoms with E-state index in [1.54, 1.807) is 24.3 Å². The minimum atomic E-state index is -0.875. The maximum atomic E-state index is 12.3. The molecule has 1 aromatic rings. The Hall–Kier alpha value is -2.41. The summed E-state index contributed by atoms with van der Waals surface area (Å²) in [7, 11) is 0. The van der Waals surface area contributed by atoms with E-state index in [2.05, 4.69) is 16.0 Å². The predicted octanol–water partition coefficient (Wildman–Crippen LogP) is 0.406. The van der Waals surface area contributed by atoms with Gasteiger partial charge in [0.25, 0.3) is 5.91 Å². The zero-order valence-electron chi connectivity index (χ0n) is 12.8. The molecule has 3 amide bonds. The van der Waals surface area contributed by atoms with E-state index in [1.807, 2.05) is 0 Å². The first kappa shape index (κ1) is 17.0. The molecule has 0 atom stereocenters. The van der Waals surface area contributed by atoms with E-state index in [-0.39, 0.29) is 30.8 Å². The van der Waals surface area contributed by atoms with Crippen molar-refractivity contribution < 1.29 is 19.5 Å². The molecule has 7 heteroatoms. The van der Waals surface area contributed by atoms with Crippen LogP contribution in [-0.4, -0.2) is 42.0 Å². The van der Waals surface area contributed by atoms with Gasteiger partial charge in [0.2, 0.25) is 0 Å². The van der Waals surface area contributed by atoms with Crippen LogP contribution in [0.3, 0.4) is 0 Å². The molecule has 7 nitrogen and oxygen atoms in total. The number of aliphatic hydroxyl groups excluding tert-OH is 1. The van der Waals surface area contributed by atoms with Crippen molar-refractivity contribution in [3.8, 4) is 0 Å². The monoisotopic (exact) mass is 319 g/mol. The number of nitrogens with one attached hydrogen (secondary N) is 3. The van der Waals surface area contributed by atoms with Crippen LogP contribution in [0.2, 0.25) is 0 Å². The molecule has 0 unspecified atom stereocenters. The maximum Gasteiger partial charge on any atom is 0.313 e. The molecular weight excluding hydrogens is 298 g/mol. The topological polar surface area (TPSA) is 108 Å². The molecule has 0 spiro atoms. The van der Waals surface area contributed by atoms with Crippen LogP contribution in [0.15, 0.2) is 24.3 Å². The molecule has 1 aromatic carbocycles. The summed E-state index contributed by atoms with van der Waals surface area (Å²) in [6.45, 7) is -0.254. The average molecular weight is 319 g/mol. The Kier molecular flexibility index (Phi) is 6.10. The molecular formula is C16H21N3O4. The van der Waals surface area contributed by atoms with Crippen molar-refractivity contribution in [1.82, 2.24) is 10.6 Å². The SMILES string of the molecule is O=C(NCCO)C(=O)Nc1ccccc1C(=O)NC1CCCC1. The van der Waals surface area contributed by atoms with E-state index < -0.39 is 11.8 Å². The molecule has 23 heavy (non-hydrogen) atoms. The largest absolute Gasteiger partial charge is 0.395 e. The molecule has 2 rings (SSSR count). The van der Waals surface area contributed by atoms with E-state index in [0.29, 0.717) is 5.56 Å². The van der Waals surface area contributed by atoms with Crippen LogP contribution in [0, 0.1) is 0 Å². The molecule has 0 saturated heterocycles. The van der Waals surface area contributed by atoms with Crippen LogP contribution in [0.25, 0.3) is 0 Å². The highest BCUT2D eigenvalue weighted by atomic mass is 16.3. The van der Waals surface area contributed by atoms with Gasteiger partial charge < -0.3 is 21.1 Å². The van der Waals surface area contributed by atoms with Crippen LogP contribution >= 0.6 is 0 Å². The van der Waals surface area contributed by atoms with Gasteiger partial charge in [-0.3, -0.25) is 14.4 Å². The van der Waals surface area contributed by atoms with Crippen LogP contribution in [0.5, 0.6) is 0 Å². The van der Waals surface area contributed by atoms with Crippen molar-refractivity contribution in [3.05, 3.63) is 29.8 Å². The average Bonchev–Trinajstić information content (AvgIpc) is 3.05. The molecule has 4 N–H and O–H groups in total. The summed E-state index contributed by atoms with van der Waals surface area (Å²) in [4.78, 5) is 35.7. The first-order valence-electron chi connectivity index (χ1n) is 7.71. The quantitative estimate of drug-likeness (QED) is 0.589. The van der Waals surface area contributed by atoms with E-state index in [4.69, 9.17) is 5.11 Å². The summed E-state index contributed by atoms with van der Waals surface area (Å²) < 4.78 is 0. The van der Waals surface area contributed by atoms with Crippen LogP contribution < -0.4 is 16.0 Å². The van der Waals surface area contributed by atoms with Gasteiger partial charge in [0.1, 0.15) is 0 Å². The maximum absolute atomic E-state index is 12.3. The summed E-state index contributed by atoms with van der Waals surface area (Å²) in [5, 5.41) is 16.3. The van der Waals surface area contributed by atoms with Gasteiger partial charge in [-0.15, -0.1) is 0 Å². The molecule has 0 bridgehead atoms. The zero-order chi connectivity index (χ0) is 16.7. The first-order chi connectivity index (χ1) is 11.1. The zero-order valence-corrected chi connectivity index (χ0v) is 12.8. The van der Waals surface area contributed by atoms with Gasteiger partial charge in [-0.05, 0) is 25.0 Å². The molecule has 124 valence electrons. The van der Waals surface area contributed by atoms with Gasteiger partial charge in [0, 0.05) is 12.6 Å². The van der Waals surface area contributed by atoms with Crippen LogP contribution in [-0.2, 0) is 9.59 Å². The van der Waals surface area contributed by atoms with Crippen molar-refractivity contribution >= 4 is 23.4 Å². The normalized spacial score (nSPS) is 14.3. The highest BCUT2D eigenvalue weighted by molar-refractivity contribution is 6.40. The van der Waals surface area contributed by atoms with E-state index >= 15 is 0 Å². The van der Waals surface area contributed by atoms with Crippen LogP contribution in [0.4, 0.5) is 5.69 Å². The highest BCUT2D eigenvalue weighted by Crippen LogP contribution is 2.20. The number of benzene rings is 1. The summed E-state index contributed by atoms with van der Waals surface area (Å²) in [5.74, 6) is -1.99. The highest BCUT2D eigenvalue weighted by Gasteiger charge is 2.21. The van der Waals surface area contributed by atoms with Crippen molar-refractivity contribution in [2.45, 2.75) is 31.7 Å². The van der Waals surface area contributed by atoms with Gasteiger partial charge in [-0.2, -0.15) is 0 Å². The fourth-order valence-corrected chi connectivity index (χ4v) is 2.55. The molecule has 1 saturated carbocycles. The van der Waals surface area contributed by atoms with Crippen LogP contribution in [0.1, 0.15) is 36.0 Å². The van der Waals surface area contributed by atoms with Gasteiger partial charge in [0.15, 0.2) is 0 Å². The fourth-order valence-electron chi connectivity index (χ4n) is 2.55. The van der Waals surface area contributed by atoms with Gasteiger partial charge >= 0.3 is 11.8 Å². The minimum Gasteiger partial charge on any atom is -0.395 e. The molecule has 1 fully saturated rings. The molecule has 0 heterocycles. The Labute approximate surface area is 134 Å². The lowest BCUT2D eigenvalue weighted by molar-refractivity contribution is -0.136. The van der Waals surface area contributed by atoms with Gasteiger partial charge in [-0.1, -0.05) is 25.0 Å². The lowest BCUT2D eigenvalue weighted by atomic mass is 10.1. The molecule has 1 aliphatic rings. The molecule has 0 radical (unpaired) electrons. The second kappa shape index (κ2) is 8.28. The fraction of sp³-hybridized carbons (Fsp3) is 0.438. The Bertz CT molecular complexity index is 582. The van der Waals surface area contributed by atoms with E-state index in [9.17, 15) is 14.4 Å². The lowest BCUT2D eigenvalue weighted by Crippen LogP contribution is -2.38. The number of hydrogen-bond acceptors (Lipinski definition) is 4. The summed E-state index contributed by atoms with van der Waals surface area (Å²) in [6, 6.07) is 6.71. The summed E-state index contributed by atoms with van der Waals surface area (Å²) in [5.41, 5.74) is 0.606. The van der Waals surface area contributed by atoms with Gasteiger partial charge in [-0.25, -0.2) is 0 Å². The number of aliphatic hydroxyl groups is 1. The third-order valence-corrected chi connectivity index (χ3v) is 3.71. The third-order valence-electron chi connectivity index (χ3n) is 3.71. The van der Waals surface area contributed by atoms with Crippen molar-refractivity contribution in [2.24, 2.45) is 0 Å².